The van der Waals surface area contributed by atoms with Gasteiger partial charge in [-0.1, -0.05) is 17.4 Å². The number of carbonyl (C=O) groups excluding carboxylic acids is 3. The first-order valence-corrected chi connectivity index (χ1v) is 9.67. The van der Waals surface area contributed by atoms with Crippen LogP contribution in [-0.4, -0.2) is 29.3 Å². The van der Waals surface area contributed by atoms with Crippen molar-refractivity contribution in [2.45, 2.75) is 19.8 Å². The Morgan fingerprint density at radius 2 is 1.96 bits per heavy atom. The van der Waals surface area contributed by atoms with Gasteiger partial charge in [-0.15, -0.1) is 0 Å². The summed E-state index contributed by atoms with van der Waals surface area (Å²) in [4.78, 5) is 42.0. The number of amides is 3. The van der Waals surface area contributed by atoms with Crippen LogP contribution in [0.5, 0.6) is 5.75 Å². The molecule has 0 aliphatic carbocycles. The third-order valence-electron chi connectivity index (χ3n) is 4.31. The topological polar surface area (TPSA) is 88.6 Å². The molecule has 28 heavy (non-hydrogen) atoms. The van der Waals surface area contributed by atoms with Gasteiger partial charge in [0.1, 0.15) is 5.75 Å². The van der Waals surface area contributed by atoms with Crippen LogP contribution in [0, 0.1) is 0 Å². The Labute approximate surface area is 164 Å². The predicted octanol–water partition coefficient (Wildman–Crippen LogP) is 3.60. The summed E-state index contributed by atoms with van der Waals surface area (Å²) < 4.78 is 6.39. The predicted molar refractivity (Wildman–Crippen MR) is 107 cm³/mol. The molecule has 0 atom stereocenters. The Hall–Kier alpha value is -3.26. The second kappa shape index (κ2) is 7.40. The molecule has 7 nitrogen and oxygen atoms in total. The van der Waals surface area contributed by atoms with Crippen molar-refractivity contribution in [3.8, 4) is 5.75 Å². The van der Waals surface area contributed by atoms with Gasteiger partial charge in [-0.3, -0.25) is 24.6 Å². The first-order chi connectivity index (χ1) is 13.5. The molecule has 1 aliphatic rings. The van der Waals surface area contributed by atoms with E-state index in [-0.39, 0.29) is 30.6 Å². The van der Waals surface area contributed by atoms with Crippen LogP contribution in [0.25, 0.3) is 10.2 Å². The highest BCUT2D eigenvalue weighted by Crippen LogP contribution is 2.30. The molecule has 0 spiro atoms. The summed E-state index contributed by atoms with van der Waals surface area (Å²) in [7, 11) is 0. The Kier molecular flexibility index (Phi) is 4.79. The van der Waals surface area contributed by atoms with Crippen LogP contribution in [0.4, 0.5) is 10.8 Å². The van der Waals surface area contributed by atoms with Crippen molar-refractivity contribution in [1.29, 1.82) is 0 Å². The number of anilines is 2. The molecule has 4 rings (SSSR count). The Morgan fingerprint density at radius 3 is 2.71 bits per heavy atom. The zero-order valence-corrected chi connectivity index (χ0v) is 15.9. The van der Waals surface area contributed by atoms with Crippen molar-refractivity contribution < 1.29 is 19.1 Å². The van der Waals surface area contributed by atoms with E-state index in [1.807, 2.05) is 25.1 Å². The van der Waals surface area contributed by atoms with E-state index in [1.54, 1.807) is 18.2 Å². The first kappa shape index (κ1) is 18.1. The van der Waals surface area contributed by atoms with E-state index in [4.69, 9.17) is 4.74 Å². The standard InChI is InChI=1S/C20H17N3O4S/c1-2-27-14-6-7-15-16(11-14)28-20(21-15)22-19(26)12-4-3-5-13(10-12)23-17(24)8-9-18(23)25/h3-7,10-11H,2,8-9H2,1H3,(H,21,22,26). The van der Waals surface area contributed by atoms with Crippen molar-refractivity contribution in [2.75, 3.05) is 16.8 Å². The number of imide groups is 1. The molecule has 1 fully saturated rings. The molecular formula is C20H17N3O4S. The van der Waals surface area contributed by atoms with Gasteiger partial charge in [0.2, 0.25) is 11.8 Å². The highest BCUT2D eigenvalue weighted by atomic mass is 32.1. The molecule has 0 saturated carbocycles. The average Bonchev–Trinajstić information content (AvgIpc) is 3.23. The van der Waals surface area contributed by atoms with Crippen molar-refractivity contribution in [3.05, 3.63) is 48.0 Å². The van der Waals surface area contributed by atoms with Crippen LogP contribution in [0.3, 0.4) is 0 Å². The number of rotatable bonds is 5. The van der Waals surface area contributed by atoms with Crippen LogP contribution in [-0.2, 0) is 9.59 Å². The molecule has 3 amide bonds. The van der Waals surface area contributed by atoms with Gasteiger partial charge >= 0.3 is 0 Å². The molecule has 1 aromatic heterocycles. The minimum atomic E-state index is -0.356. The molecule has 2 aromatic carbocycles. The number of hydrogen-bond acceptors (Lipinski definition) is 6. The van der Waals surface area contributed by atoms with Gasteiger partial charge < -0.3 is 4.74 Å². The Bertz CT molecular complexity index is 1080. The summed E-state index contributed by atoms with van der Waals surface area (Å²) in [6, 6.07) is 12.0. The minimum absolute atomic E-state index is 0.199. The van der Waals surface area contributed by atoms with Crippen LogP contribution in [0.15, 0.2) is 42.5 Å². The fourth-order valence-electron chi connectivity index (χ4n) is 3.03. The van der Waals surface area contributed by atoms with Crippen molar-refractivity contribution >= 4 is 50.1 Å². The third-order valence-corrected chi connectivity index (χ3v) is 5.24. The van der Waals surface area contributed by atoms with Crippen LogP contribution >= 0.6 is 11.3 Å². The van der Waals surface area contributed by atoms with Gasteiger partial charge in [0, 0.05) is 18.4 Å². The molecule has 0 unspecified atom stereocenters. The molecule has 8 heteroatoms. The number of nitrogens with one attached hydrogen (secondary N) is 1. The van der Waals surface area contributed by atoms with Gasteiger partial charge in [0.15, 0.2) is 5.13 Å². The van der Waals surface area contributed by atoms with E-state index >= 15 is 0 Å². The summed E-state index contributed by atoms with van der Waals surface area (Å²) in [5, 5.41) is 3.24. The average molecular weight is 395 g/mol. The van der Waals surface area contributed by atoms with Crippen LogP contribution < -0.4 is 15.0 Å². The molecule has 142 valence electrons. The SMILES string of the molecule is CCOc1ccc2nc(NC(=O)c3cccc(N4C(=O)CCC4=O)c3)sc2c1. The maximum absolute atomic E-state index is 12.6. The van der Waals surface area contributed by atoms with Crippen molar-refractivity contribution in [2.24, 2.45) is 0 Å². The van der Waals surface area contributed by atoms with E-state index in [9.17, 15) is 14.4 Å². The quantitative estimate of drug-likeness (QED) is 0.667. The lowest BCUT2D eigenvalue weighted by molar-refractivity contribution is -0.121. The molecule has 0 bridgehead atoms. The van der Waals surface area contributed by atoms with E-state index in [0.717, 1.165) is 20.9 Å². The lowest BCUT2D eigenvalue weighted by atomic mass is 10.2. The molecular weight excluding hydrogens is 378 g/mol. The van der Waals surface area contributed by atoms with Crippen LogP contribution in [0.2, 0.25) is 0 Å². The third kappa shape index (κ3) is 3.46. The molecule has 1 saturated heterocycles. The van der Waals surface area contributed by atoms with Crippen molar-refractivity contribution in [3.63, 3.8) is 0 Å². The lowest BCUT2D eigenvalue weighted by Crippen LogP contribution is -2.28. The van der Waals surface area contributed by atoms with Gasteiger partial charge in [-0.05, 0) is 43.3 Å². The summed E-state index contributed by atoms with van der Waals surface area (Å²) in [5.41, 5.74) is 1.52. The van der Waals surface area contributed by atoms with Gasteiger partial charge in [-0.2, -0.15) is 0 Å². The van der Waals surface area contributed by atoms with Gasteiger partial charge in [0.25, 0.3) is 5.91 Å². The van der Waals surface area contributed by atoms with E-state index < -0.39 is 0 Å². The second-order valence-electron chi connectivity index (χ2n) is 6.21. The Balaban J connectivity index is 1.55. The zero-order chi connectivity index (χ0) is 19.7. The molecule has 2 heterocycles. The number of fused-ring (bicyclic) bond motifs is 1. The number of thiazole rings is 1. The fourth-order valence-corrected chi connectivity index (χ4v) is 3.92. The fraction of sp³-hybridized carbons (Fsp3) is 0.200. The first-order valence-electron chi connectivity index (χ1n) is 8.86. The summed E-state index contributed by atoms with van der Waals surface area (Å²) in [5.74, 6) is -0.105. The molecule has 0 radical (unpaired) electrons. The second-order valence-corrected chi connectivity index (χ2v) is 7.24. The Morgan fingerprint density at radius 1 is 1.18 bits per heavy atom. The number of aromatic nitrogens is 1. The normalized spacial score (nSPS) is 14.0. The van der Waals surface area contributed by atoms with Gasteiger partial charge in [0.05, 0.1) is 22.5 Å². The highest BCUT2D eigenvalue weighted by molar-refractivity contribution is 7.22. The van der Waals surface area contributed by atoms with E-state index in [2.05, 4.69) is 10.3 Å². The lowest BCUT2D eigenvalue weighted by Gasteiger charge is -2.14. The van der Waals surface area contributed by atoms with E-state index in [0.29, 0.717) is 23.0 Å². The zero-order valence-electron chi connectivity index (χ0n) is 15.1. The number of benzene rings is 2. The molecule has 1 N–H and O–H groups in total. The number of nitrogens with zero attached hydrogens (tertiary/aromatic N) is 2. The number of ether oxygens (including phenoxy) is 1. The van der Waals surface area contributed by atoms with Gasteiger partial charge in [-0.25, -0.2) is 4.98 Å². The largest absolute Gasteiger partial charge is 0.494 e. The molecule has 1 aliphatic heterocycles. The molecule has 3 aromatic rings. The summed E-state index contributed by atoms with van der Waals surface area (Å²) >= 11 is 1.35. The summed E-state index contributed by atoms with van der Waals surface area (Å²) in [6.45, 7) is 2.49. The van der Waals surface area contributed by atoms with Crippen LogP contribution in [0.1, 0.15) is 30.1 Å². The maximum Gasteiger partial charge on any atom is 0.257 e. The highest BCUT2D eigenvalue weighted by Gasteiger charge is 2.30. The van der Waals surface area contributed by atoms with E-state index in [1.165, 1.54) is 17.4 Å². The number of carbonyl (C=O) groups is 3. The summed E-state index contributed by atoms with van der Waals surface area (Å²) in [6.07, 6.45) is 0.398. The monoisotopic (exact) mass is 395 g/mol. The number of hydrogen-bond donors (Lipinski definition) is 1. The maximum atomic E-state index is 12.6. The smallest absolute Gasteiger partial charge is 0.257 e. The minimum Gasteiger partial charge on any atom is -0.494 e. The van der Waals surface area contributed by atoms with Crippen molar-refractivity contribution in [1.82, 2.24) is 4.98 Å².